The summed E-state index contributed by atoms with van der Waals surface area (Å²) in [4.78, 5) is 25.1. The number of anilines is 1. The zero-order chi connectivity index (χ0) is 23.7. The fourth-order valence-corrected chi connectivity index (χ4v) is 5.98. The molecule has 0 amide bonds. The maximum Gasteiger partial charge on any atom is 0.260 e. The van der Waals surface area contributed by atoms with Crippen LogP contribution in [0.3, 0.4) is 0 Å². The lowest BCUT2D eigenvalue weighted by Gasteiger charge is -2.34. The average Bonchev–Trinajstić information content (AvgIpc) is 2.85. The van der Waals surface area contributed by atoms with Gasteiger partial charge in [0.2, 0.25) is 5.95 Å². The predicted molar refractivity (Wildman–Crippen MR) is 136 cm³/mol. The summed E-state index contributed by atoms with van der Waals surface area (Å²) in [6, 6.07) is 6.76. The van der Waals surface area contributed by atoms with Gasteiger partial charge in [0.05, 0.1) is 6.10 Å². The second kappa shape index (κ2) is 9.98. The summed E-state index contributed by atoms with van der Waals surface area (Å²) in [6.07, 6.45) is 10.6. The standard InChI is InChI=1S/C26H36N6O2/c27-12-13-31(18-4-2-1-3-5-18)16-17-6-11-21-22(14-17)25(34)32(19-7-9-20(33)10-8-19)24-23(21)15-29-26(28)30-24/h6,11,14-15,18-20,33H,1-5,7-10,12-13,16,27H2,(H2,28,29,30). The summed E-state index contributed by atoms with van der Waals surface area (Å²) in [5.41, 5.74) is 13.6. The highest BCUT2D eigenvalue weighted by atomic mass is 16.3. The van der Waals surface area contributed by atoms with E-state index in [9.17, 15) is 9.90 Å². The Morgan fingerprint density at radius 3 is 2.53 bits per heavy atom. The van der Waals surface area contributed by atoms with Crippen LogP contribution in [0.5, 0.6) is 0 Å². The molecule has 0 atom stereocenters. The van der Waals surface area contributed by atoms with E-state index in [4.69, 9.17) is 11.5 Å². The van der Waals surface area contributed by atoms with Gasteiger partial charge in [0.1, 0.15) is 5.65 Å². The van der Waals surface area contributed by atoms with Crippen LogP contribution in [0.15, 0.2) is 29.2 Å². The highest BCUT2D eigenvalue weighted by molar-refractivity contribution is 6.04. The van der Waals surface area contributed by atoms with E-state index >= 15 is 0 Å². The van der Waals surface area contributed by atoms with Crippen LogP contribution in [0, 0.1) is 0 Å². The molecule has 2 heterocycles. The minimum Gasteiger partial charge on any atom is -0.393 e. The quantitative estimate of drug-likeness (QED) is 0.479. The highest BCUT2D eigenvalue weighted by Gasteiger charge is 2.26. The van der Waals surface area contributed by atoms with Gasteiger partial charge in [-0.1, -0.05) is 31.4 Å². The minimum atomic E-state index is -0.293. The van der Waals surface area contributed by atoms with E-state index in [0.717, 1.165) is 42.3 Å². The molecule has 8 heteroatoms. The molecule has 0 aliphatic heterocycles. The van der Waals surface area contributed by atoms with Crippen LogP contribution in [-0.4, -0.2) is 49.8 Å². The van der Waals surface area contributed by atoms with Crippen LogP contribution in [0.1, 0.15) is 69.4 Å². The van der Waals surface area contributed by atoms with E-state index in [1.165, 1.54) is 32.1 Å². The maximum absolute atomic E-state index is 13.9. The van der Waals surface area contributed by atoms with Gasteiger partial charge >= 0.3 is 0 Å². The Bertz CT molecular complexity index is 1210. The van der Waals surface area contributed by atoms with Gasteiger partial charge in [-0.2, -0.15) is 4.98 Å². The summed E-state index contributed by atoms with van der Waals surface area (Å²) in [6.45, 7) is 2.29. The molecule has 2 fully saturated rings. The molecule has 3 aromatic rings. The van der Waals surface area contributed by atoms with Crippen molar-refractivity contribution in [2.75, 3.05) is 18.8 Å². The monoisotopic (exact) mass is 464 g/mol. The Morgan fingerprint density at radius 2 is 1.79 bits per heavy atom. The Kier molecular flexibility index (Phi) is 6.81. The number of aliphatic hydroxyl groups excluding tert-OH is 1. The Balaban J connectivity index is 1.58. The first-order valence-electron chi connectivity index (χ1n) is 12.8. The Hall–Kier alpha value is -2.55. The number of nitrogens with zero attached hydrogens (tertiary/aromatic N) is 4. The first-order chi connectivity index (χ1) is 16.5. The molecule has 5 N–H and O–H groups in total. The number of rotatable bonds is 6. The van der Waals surface area contributed by atoms with Crippen molar-refractivity contribution in [3.63, 3.8) is 0 Å². The molecule has 0 bridgehead atoms. The summed E-state index contributed by atoms with van der Waals surface area (Å²) >= 11 is 0. The van der Waals surface area contributed by atoms with Gasteiger partial charge in [0, 0.05) is 48.7 Å². The lowest BCUT2D eigenvalue weighted by Crippen LogP contribution is -2.39. The van der Waals surface area contributed by atoms with Crippen LogP contribution in [-0.2, 0) is 6.54 Å². The second-order valence-electron chi connectivity index (χ2n) is 10.0. The summed E-state index contributed by atoms with van der Waals surface area (Å²) in [7, 11) is 0. The normalized spacial score (nSPS) is 22.1. The molecule has 2 saturated carbocycles. The van der Waals surface area contributed by atoms with E-state index < -0.39 is 0 Å². The van der Waals surface area contributed by atoms with Crippen molar-refractivity contribution in [1.29, 1.82) is 0 Å². The average molecular weight is 465 g/mol. The lowest BCUT2D eigenvalue weighted by molar-refractivity contribution is 0.111. The van der Waals surface area contributed by atoms with Gasteiger partial charge < -0.3 is 16.6 Å². The van der Waals surface area contributed by atoms with Crippen LogP contribution >= 0.6 is 0 Å². The largest absolute Gasteiger partial charge is 0.393 e. The van der Waals surface area contributed by atoms with Gasteiger partial charge in [-0.25, -0.2) is 4.98 Å². The van der Waals surface area contributed by atoms with Crippen molar-refractivity contribution in [2.24, 2.45) is 5.73 Å². The van der Waals surface area contributed by atoms with Crippen molar-refractivity contribution < 1.29 is 5.11 Å². The SMILES string of the molecule is NCCN(Cc1ccc2c(c1)c(=O)n(C1CCC(O)CC1)c1nc(N)ncc21)C1CCCCC1. The highest BCUT2D eigenvalue weighted by Crippen LogP contribution is 2.32. The number of aromatic nitrogens is 3. The Labute approximate surface area is 200 Å². The number of nitrogen functional groups attached to an aromatic ring is 1. The van der Waals surface area contributed by atoms with Crippen molar-refractivity contribution >= 4 is 27.8 Å². The maximum atomic E-state index is 13.9. The third kappa shape index (κ3) is 4.54. The molecule has 0 saturated heterocycles. The molecule has 182 valence electrons. The van der Waals surface area contributed by atoms with Crippen LogP contribution < -0.4 is 17.0 Å². The molecule has 8 nitrogen and oxygen atoms in total. The third-order valence-electron chi connectivity index (χ3n) is 7.76. The fourth-order valence-electron chi connectivity index (χ4n) is 5.98. The Morgan fingerprint density at radius 1 is 1.03 bits per heavy atom. The van der Waals surface area contributed by atoms with Crippen molar-refractivity contribution in [1.82, 2.24) is 19.4 Å². The van der Waals surface area contributed by atoms with Crippen LogP contribution in [0.2, 0.25) is 0 Å². The summed E-state index contributed by atoms with van der Waals surface area (Å²) in [5.74, 6) is 0.164. The van der Waals surface area contributed by atoms with E-state index in [1.54, 1.807) is 6.20 Å². The first kappa shape index (κ1) is 23.2. The zero-order valence-corrected chi connectivity index (χ0v) is 19.8. The van der Waals surface area contributed by atoms with Gasteiger partial charge in [-0.3, -0.25) is 14.3 Å². The van der Waals surface area contributed by atoms with E-state index in [-0.39, 0.29) is 23.7 Å². The fraction of sp³-hybridized carbons (Fsp3) is 0.577. The van der Waals surface area contributed by atoms with Crippen molar-refractivity contribution in [3.05, 3.63) is 40.3 Å². The van der Waals surface area contributed by atoms with E-state index in [1.807, 2.05) is 16.7 Å². The molecule has 2 aromatic heterocycles. The van der Waals surface area contributed by atoms with E-state index in [0.29, 0.717) is 36.5 Å². The van der Waals surface area contributed by atoms with Crippen molar-refractivity contribution in [2.45, 2.75) is 82.5 Å². The topological polar surface area (TPSA) is 123 Å². The number of fused-ring (bicyclic) bond motifs is 3. The smallest absolute Gasteiger partial charge is 0.260 e. The molecular weight excluding hydrogens is 428 g/mol. The molecule has 2 aliphatic rings. The zero-order valence-electron chi connectivity index (χ0n) is 19.8. The number of pyridine rings is 1. The number of nitrogens with two attached hydrogens (primary N) is 2. The minimum absolute atomic E-state index is 0.00302. The molecular formula is C26H36N6O2. The first-order valence-corrected chi connectivity index (χ1v) is 12.8. The number of hydrogen-bond acceptors (Lipinski definition) is 7. The lowest BCUT2D eigenvalue weighted by atomic mass is 9.92. The summed E-state index contributed by atoms with van der Waals surface area (Å²) < 4.78 is 1.81. The third-order valence-corrected chi connectivity index (χ3v) is 7.76. The molecule has 0 radical (unpaired) electrons. The molecule has 0 spiro atoms. The van der Waals surface area contributed by atoms with Gasteiger partial charge in [-0.05, 0) is 55.5 Å². The van der Waals surface area contributed by atoms with Gasteiger partial charge in [-0.15, -0.1) is 0 Å². The number of benzene rings is 1. The van der Waals surface area contributed by atoms with Crippen LogP contribution in [0.25, 0.3) is 21.8 Å². The molecule has 34 heavy (non-hydrogen) atoms. The molecule has 5 rings (SSSR count). The number of aliphatic hydroxyl groups is 1. The second-order valence-corrected chi connectivity index (χ2v) is 10.0. The number of hydrogen-bond donors (Lipinski definition) is 3. The van der Waals surface area contributed by atoms with Gasteiger partial charge in [0.25, 0.3) is 5.56 Å². The molecule has 0 unspecified atom stereocenters. The van der Waals surface area contributed by atoms with Crippen LogP contribution in [0.4, 0.5) is 5.95 Å². The van der Waals surface area contributed by atoms with Gasteiger partial charge in [0.15, 0.2) is 0 Å². The molecule has 2 aliphatic carbocycles. The predicted octanol–water partition coefficient (Wildman–Crippen LogP) is 3.10. The van der Waals surface area contributed by atoms with Crippen molar-refractivity contribution in [3.8, 4) is 0 Å². The molecule has 1 aromatic carbocycles. The van der Waals surface area contributed by atoms with E-state index in [2.05, 4.69) is 20.9 Å². The summed E-state index contributed by atoms with van der Waals surface area (Å²) in [5, 5.41) is 12.4.